The Balaban J connectivity index is 1.58. The zero-order chi connectivity index (χ0) is 19.7. The molecule has 4 rings (SSSR count). The molecule has 7 nitrogen and oxygen atoms in total. The Morgan fingerprint density at radius 1 is 1.21 bits per heavy atom. The van der Waals surface area contributed by atoms with Gasteiger partial charge in [0.2, 0.25) is 5.91 Å². The normalized spacial score (nSPS) is 27.1. The fourth-order valence-corrected chi connectivity index (χ4v) is 6.62. The van der Waals surface area contributed by atoms with Crippen LogP contribution in [-0.4, -0.2) is 55.6 Å². The molecule has 0 radical (unpaired) electrons. The number of nitrogens with zero attached hydrogens (tertiary/aromatic N) is 1. The third kappa shape index (κ3) is 3.89. The van der Waals surface area contributed by atoms with Gasteiger partial charge < -0.3 is 14.1 Å². The summed E-state index contributed by atoms with van der Waals surface area (Å²) < 4.78 is 37.1. The van der Waals surface area contributed by atoms with E-state index in [0.29, 0.717) is 25.1 Å². The molecule has 3 fully saturated rings. The molecule has 3 heterocycles. The van der Waals surface area contributed by atoms with Crippen LogP contribution >= 0.6 is 0 Å². The number of carbonyl (C=O) groups is 2. The largest absolute Gasteiger partial charge is 0.468 e. The van der Waals surface area contributed by atoms with E-state index in [-0.39, 0.29) is 30.2 Å². The zero-order valence-electron chi connectivity index (χ0n) is 15.9. The summed E-state index contributed by atoms with van der Waals surface area (Å²) in [6.07, 6.45) is 7.26. The van der Waals surface area contributed by atoms with Crippen LogP contribution in [0.3, 0.4) is 0 Å². The predicted octanol–water partition coefficient (Wildman–Crippen LogP) is 2.10. The Hall–Kier alpha value is -1.67. The number of amides is 1. The maximum atomic E-state index is 13.4. The highest BCUT2D eigenvalue weighted by molar-refractivity contribution is 7.92. The number of Topliss-reactive ketones (excluding diaryl/α,β-unsaturated/α-hetero) is 1. The van der Waals surface area contributed by atoms with Crippen LogP contribution < -0.4 is 0 Å². The van der Waals surface area contributed by atoms with Gasteiger partial charge >= 0.3 is 0 Å². The molecule has 1 aromatic heterocycles. The first-order valence-electron chi connectivity index (χ1n) is 10.1. The first-order chi connectivity index (χ1) is 13.5. The van der Waals surface area contributed by atoms with E-state index >= 15 is 0 Å². The number of rotatable bonds is 6. The van der Waals surface area contributed by atoms with Gasteiger partial charge in [-0.05, 0) is 30.9 Å². The first-order valence-corrected chi connectivity index (χ1v) is 11.9. The summed E-state index contributed by atoms with van der Waals surface area (Å²) in [7, 11) is -3.76. The lowest BCUT2D eigenvalue weighted by Gasteiger charge is -2.30. The summed E-state index contributed by atoms with van der Waals surface area (Å²) in [5, 5.41) is -1.13. The second-order valence-electron chi connectivity index (χ2n) is 8.20. The molecular weight excluding hydrogens is 382 g/mol. The highest BCUT2D eigenvalue weighted by Crippen LogP contribution is 2.33. The van der Waals surface area contributed by atoms with Crippen LogP contribution in [0, 0.1) is 5.92 Å². The van der Waals surface area contributed by atoms with E-state index in [1.807, 2.05) is 0 Å². The third-order valence-corrected chi connectivity index (χ3v) is 8.25. The molecule has 1 aliphatic carbocycles. The van der Waals surface area contributed by atoms with Crippen molar-refractivity contribution in [3.05, 3.63) is 24.2 Å². The van der Waals surface area contributed by atoms with Crippen LogP contribution in [0.2, 0.25) is 0 Å². The maximum Gasteiger partial charge on any atom is 0.241 e. The number of hydrogen-bond donors (Lipinski definition) is 0. The van der Waals surface area contributed by atoms with Crippen molar-refractivity contribution in [1.29, 1.82) is 0 Å². The molecule has 28 heavy (non-hydrogen) atoms. The van der Waals surface area contributed by atoms with E-state index in [2.05, 4.69) is 0 Å². The Morgan fingerprint density at radius 3 is 2.71 bits per heavy atom. The molecule has 0 N–H and O–H groups in total. The van der Waals surface area contributed by atoms with Gasteiger partial charge in [0.05, 0.1) is 12.4 Å². The molecule has 8 heteroatoms. The molecule has 2 saturated heterocycles. The topological polar surface area (TPSA) is 93.9 Å². The SMILES string of the molecule is O=C1COC2CCN(C(=O)C(CC3CCCCC3)S(=O)(=O)Cc3ccco3)C12. The molecule has 3 unspecified atom stereocenters. The molecule has 0 bridgehead atoms. The highest BCUT2D eigenvalue weighted by atomic mass is 32.2. The highest BCUT2D eigenvalue weighted by Gasteiger charge is 2.50. The quantitative estimate of drug-likeness (QED) is 0.714. The van der Waals surface area contributed by atoms with Crippen molar-refractivity contribution in [1.82, 2.24) is 4.90 Å². The van der Waals surface area contributed by atoms with Crippen molar-refractivity contribution in [3.63, 3.8) is 0 Å². The fourth-order valence-electron chi connectivity index (χ4n) is 4.85. The number of sulfone groups is 1. The molecule has 1 aromatic rings. The minimum absolute atomic E-state index is 0.00551. The standard InChI is InChI=1S/C20H27NO6S/c22-16-12-27-17-8-9-21(19(16)17)20(23)18(11-14-5-2-1-3-6-14)28(24,25)13-15-7-4-10-26-15/h4,7,10,14,17-19H,1-3,5-6,8-9,11-13H2. The van der Waals surface area contributed by atoms with Crippen molar-refractivity contribution in [2.24, 2.45) is 5.92 Å². The average Bonchev–Trinajstić information content (AvgIpc) is 3.40. The smallest absolute Gasteiger partial charge is 0.241 e. The summed E-state index contributed by atoms with van der Waals surface area (Å²) in [5.74, 6) is -0.307. The summed E-state index contributed by atoms with van der Waals surface area (Å²) in [5.41, 5.74) is 0. The molecule has 1 amide bonds. The lowest BCUT2D eigenvalue weighted by Crippen LogP contribution is -2.49. The van der Waals surface area contributed by atoms with Crippen molar-refractivity contribution >= 4 is 21.5 Å². The van der Waals surface area contributed by atoms with Gasteiger partial charge in [0.1, 0.15) is 29.4 Å². The van der Waals surface area contributed by atoms with Crippen LogP contribution in [0.5, 0.6) is 0 Å². The number of ether oxygens (including phenoxy) is 1. The molecule has 0 aromatic carbocycles. The van der Waals surface area contributed by atoms with Gasteiger partial charge in [-0.25, -0.2) is 8.42 Å². The van der Waals surface area contributed by atoms with E-state index < -0.39 is 27.0 Å². The van der Waals surface area contributed by atoms with Gasteiger partial charge in [-0.3, -0.25) is 9.59 Å². The Bertz CT molecular complexity index is 812. The Kier molecular flexibility index (Phi) is 5.60. The Labute approximate surface area is 165 Å². The minimum atomic E-state index is -3.76. The van der Waals surface area contributed by atoms with Crippen LogP contribution in [-0.2, 0) is 29.9 Å². The minimum Gasteiger partial charge on any atom is -0.468 e. The van der Waals surface area contributed by atoms with Gasteiger partial charge in [0.25, 0.3) is 0 Å². The number of likely N-dealkylation sites (tertiary alicyclic amines) is 1. The second-order valence-corrected chi connectivity index (χ2v) is 10.4. The summed E-state index contributed by atoms with van der Waals surface area (Å²) in [6, 6.07) is 2.63. The number of fused-ring (bicyclic) bond motifs is 1. The molecule has 0 spiro atoms. The monoisotopic (exact) mass is 409 g/mol. The van der Waals surface area contributed by atoms with Crippen LogP contribution in [0.4, 0.5) is 0 Å². The number of ketones is 1. The summed E-state index contributed by atoms with van der Waals surface area (Å²) in [6.45, 7) is 0.378. The Morgan fingerprint density at radius 2 is 2.00 bits per heavy atom. The van der Waals surface area contributed by atoms with Gasteiger partial charge in [-0.2, -0.15) is 0 Å². The van der Waals surface area contributed by atoms with Crippen molar-refractivity contribution in [3.8, 4) is 0 Å². The third-order valence-electron chi connectivity index (χ3n) is 6.30. The van der Waals surface area contributed by atoms with Gasteiger partial charge in [0.15, 0.2) is 15.6 Å². The summed E-state index contributed by atoms with van der Waals surface area (Å²) in [4.78, 5) is 27.1. The maximum absolute atomic E-state index is 13.4. The molecule has 3 aliphatic rings. The van der Waals surface area contributed by atoms with Crippen molar-refractivity contribution in [2.45, 2.75) is 68.1 Å². The molecule has 1 saturated carbocycles. The van der Waals surface area contributed by atoms with E-state index in [1.165, 1.54) is 11.2 Å². The lowest BCUT2D eigenvalue weighted by molar-refractivity contribution is -0.136. The molecular formula is C20H27NO6S. The van der Waals surface area contributed by atoms with Crippen LogP contribution in [0.25, 0.3) is 0 Å². The molecule has 154 valence electrons. The van der Waals surface area contributed by atoms with Gasteiger partial charge in [-0.15, -0.1) is 0 Å². The second kappa shape index (κ2) is 7.99. The van der Waals surface area contributed by atoms with Crippen molar-refractivity contribution in [2.75, 3.05) is 13.2 Å². The predicted molar refractivity (Wildman–Crippen MR) is 101 cm³/mol. The van der Waals surface area contributed by atoms with E-state index in [0.717, 1.165) is 32.1 Å². The zero-order valence-corrected chi connectivity index (χ0v) is 16.7. The average molecular weight is 410 g/mol. The number of carbonyl (C=O) groups excluding carboxylic acids is 2. The van der Waals surface area contributed by atoms with E-state index in [4.69, 9.17) is 9.15 Å². The van der Waals surface area contributed by atoms with Crippen molar-refractivity contribution < 1.29 is 27.2 Å². The molecule has 3 atom stereocenters. The van der Waals surface area contributed by atoms with E-state index in [1.54, 1.807) is 12.1 Å². The van der Waals surface area contributed by atoms with E-state index in [9.17, 15) is 18.0 Å². The molecule has 2 aliphatic heterocycles. The van der Waals surface area contributed by atoms with Gasteiger partial charge in [0, 0.05) is 6.54 Å². The summed E-state index contributed by atoms with van der Waals surface area (Å²) >= 11 is 0. The first kappa shape index (κ1) is 19.6. The lowest BCUT2D eigenvalue weighted by atomic mass is 9.86. The number of hydrogen-bond acceptors (Lipinski definition) is 6. The fraction of sp³-hybridized carbons (Fsp3) is 0.700. The van der Waals surface area contributed by atoms with Crippen LogP contribution in [0.1, 0.15) is 50.7 Å². The van der Waals surface area contributed by atoms with Crippen LogP contribution in [0.15, 0.2) is 22.8 Å². The van der Waals surface area contributed by atoms with Gasteiger partial charge in [-0.1, -0.05) is 32.1 Å². The number of furan rings is 1.